The van der Waals surface area contributed by atoms with E-state index in [2.05, 4.69) is 15.6 Å². The average molecular weight is 340 g/mol. The van der Waals surface area contributed by atoms with Crippen LogP contribution in [0.1, 0.15) is 17.9 Å². The second-order valence-corrected chi connectivity index (χ2v) is 4.95. The predicted octanol–water partition coefficient (Wildman–Crippen LogP) is 2.02. The van der Waals surface area contributed by atoms with Crippen molar-refractivity contribution < 1.29 is 22.8 Å². The highest BCUT2D eigenvalue weighted by Crippen LogP contribution is 2.15. The van der Waals surface area contributed by atoms with Crippen molar-refractivity contribution in [2.24, 2.45) is 0 Å². The Labute approximate surface area is 135 Å². The van der Waals surface area contributed by atoms with Gasteiger partial charge in [0, 0.05) is 31.0 Å². The zero-order valence-electron chi connectivity index (χ0n) is 12.7. The van der Waals surface area contributed by atoms with E-state index >= 15 is 0 Å². The highest BCUT2D eigenvalue weighted by atomic mass is 19.3. The van der Waals surface area contributed by atoms with Crippen LogP contribution < -0.4 is 10.6 Å². The van der Waals surface area contributed by atoms with Crippen LogP contribution in [0.15, 0.2) is 30.6 Å². The average Bonchev–Trinajstić information content (AvgIpc) is 2.98. The van der Waals surface area contributed by atoms with Gasteiger partial charge in [-0.1, -0.05) is 0 Å². The predicted molar refractivity (Wildman–Crippen MR) is 80.0 cm³/mol. The molecule has 128 valence electrons. The molecule has 0 fully saturated rings. The van der Waals surface area contributed by atoms with Crippen LogP contribution in [-0.4, -0.2) is 27.9 Å². The zero-order chi connectivity index (χ0) is 17.7. The molecule has 1 heterocycles. The normalized spacial score (nSPS) is 10.7. The molecule has 0 radical (unpaired) electrons. The molecular weight excluding hydrogens is 325 g/mol. The Morgan fingerprint density at radius 1 is 1.29 bits per heavy atom. The number of alkyl halides is 2. The number of amides is 2. The van der Waals surface area contributed by atoms with Crippen molar-refractivity contribution in [3.63, 3.8) is 0 Å². The Morgan fingerprint density at radius 3 is 2.71 bits per heavy atom. The van der Waals surface area contributed by atoms with Gasteiger partial charge in [0.05, 0.1) is 0 Å². The fraction of sp³-hybridized carbons (Fsp3) is 0.267. The standard InChI is InChI=1S/C15H15F3N4O2/c1-9-8-10(16)2-3-11(9)21-14(24)13(23)20-5-4-12-19-6-7-22(12)15(17)18/h2-3,6-8,15H,4-5H2,1H3,(H,20,23)(H,21,24). The third-order valence-electron chi connectivity index (χ3n) is 3.24. The molecule has 6 nitrogen and oxygen atoms in total. The van der Waals surface area contributed by atoms with E-state index in [0.717, 1.165) is 12.3 Å². The third kappa shape index (κ3) is 4.34. The number of rotatable bonds is 5. The number of benzene rings is 1. The van der Waals surface area contributed by atoms with Gasteiger partial charge >= 0.3 is 18.4 Å². The number of carbonyl (C=O) groups is 2. The molecule has 0 bridgehead atoms. The van der Waals surface area contributed by atoms with Crippen LogP contribution in [0.2, 0.25) is 0 Å². The summed E-state index contributed by atoms with van der Waals surface area (Å²) in [6.07, 6.45) is 2.41. The second kappa shape index (κ2) is 7.62. The number of aryl methyl sites for hydroxylation is 1. The lowest BCUT2D eigenvalue weighted by Gasteiger charge is -2.09. The van der Waals surface area contributed by atoms with Gasteiger partial charge in [0.2, 0.25) is 0 Å². The van der Waals surface area contributed by atoms with E-state index in [1.165, 1.54) is 18.3 Å². The lowest BCUT2D eigenvalue weighted by atomic mass is 10.2. The molecule has 0 atom stereocenters. The molecule has 24 heavy (non-hydrogen) atoms. The molecule has 1 aromatic carbocycles. The summed E-state index contributed by atoms with van der Waals surface area (Å²) in [5.41, 5.74) is 0.778. The van der Waals surface area contributed by atoms with Crippen LogP contribution in [0.4, 0.5) is 18.9 Å². The molecule has 2 rings (SSSR count). The summed E-state index contributed by atoms with van der Waals surface area (Å²) < 4.78 is 38.9. The monoisotopic (exact) mass is 340 g/mol. The fourth-order valence-electron chi connectivity index (χ4n) is 2.03. The molecule has 2 N–H and O–H groups in total. The fourth-order valence-corrected chi connectivity index (χ4v) is 2.03. The van der Waals surface area contributed by atoms with Crippen molar-refractivity contribution in [3.8, 4) is 0 Å². The minimum absolute atomic E-state index is 0.0294. The molecule has 0 saturated heterocycles. The second-order valence-electron chi connectivity index (χ2n) is 4.95. The molecule has 0 aliphatic rings. The minimum atomic E-state index is -2.72. The molecular formula is C15H15F3N4O2. The van der Waals surface area contributed by atoms with Gasteiger partial charge in [0.25, 0.3) is 0 Å². The molecule has 1 aromatic heterocycles. The summed E-state index contributed by atoms with van der Waals surface area (Å²) in [4.78, 5) is 27.2. The number of aromatic nitrogens is 2. The first-order valence-corrected chi connectivity index (χ1v) is 7.03. The van der Waals surface area contributed by atoms with Gasteiger partial charge in [0.1, 0.15) is 11.6 Å². The Kier molecular flexibility index (Phi) is 5.56. The molecule has 0 saturated carbocycles. The van der Waals surface area contributed by atoms with Crippen molar-refractivity contribution in [2.75, 3.05) is 11.9 Å². The first-order valence-electron chi connectivity index (χ1n) is 7.03. The van der Waals surface area contributed by atoms with Crippen LogP contribution in [0.5, 0.6) is 0 Å². The highest BCUT2D eigenvalue weighted by Gasteiger charge is 2.16. The van der Waals surface area contributed by atoms with Gasteiger partial charge in [-0.3, -0.25) is 14.2 Å². The number of anilines is 1. The van der Waals surface area contributed by atoms with Gasteiger partial charge in [-0.25, -0.2) is 9.37 Å². The molecule has 0 unspecified atom stereocenters. The number of hydrogen-bond acceptors (Lipinski definition) is 3. The van der Waals surface area contributed by atoms with Crippen molar-refractivity contribution in [1.29, 1.82) is 0 Å². The number of hydrogen-bond donors (Lipinski definition) is 2. The van der Waals surface area contributed by atoms with Crippen LogP contribution >= 0.6 is 0 Å². The lowest BCUT2D eigenvalue weighted by Crippen LogP contribution is -2.36. The van der Waals surface area contributed by atoms with E-state index in [1.807, 2.05) is 0 Å². The van der Waals surface area contributed by atoms with Gasteiger partial charge in [0.15, 0.2) is 0 Å². The summed E-state index contributed by atoms with van der Waals surface area (Å²) in [6.45, 7) is -1.16. The summed E-state index contributed by atoms with van der Waals surface area (Å²) in [7, 11) is 0. The molecule has 9 heteroatoms. The van der Waals surface area contributed by atoms with Crippen LogP contribution in [0.3, 0.4) is 0 Å². The Hall–Kier alpha value is -2.84. The first kappa shape index (κ1) is 17.5. The van der Waals surface area contributed by atoms with E-state index < -0.39 is 24.2 Å². The molecule has 2 aromatic rings. The Balaban J connectivity index is 1.86. The van der Waals surface area contributed by atoms with Gasteiger partial charge in [-0.2, -0.15) is 8.78 Å². The van der Waals surface area contributed by atoms with E-state index in [0.29, 0.717) is 15.8 Å². The maximum atomic E-state index is 13.0. The summed E-state index contributed by atoms with van der Waals surface area (Å²) in [5, 5.41) is 4.67. The molecule has 0 spiro atoms. The topological polar surface area (TPSA) is 76.0 Å². The quantitative estimate of drug-likeness (QED) is 0.818. The molecule has 0 aliphatic carbocycles. The van der Waals surface area contributed by atoms with Crippen molar-refractivity contribution in [1.82, 2.24) is 14.9 Å². The summed E-state index contributed by atoms with van der Waals surface area (Å²) in [5.74, 6) is -2.21. The Bertz CT molecular complexity index is 746. The maximum Gasteiger partial charge on any atom is 0.319 e. The van der Waals surface area contributed by atoms with E-state index in [4.69, 9.17) is 0 Å². The lowest BCUT2D eigenvalue weighted by molar-refractivity contribution is -0.136. The number of halogens is 3. The molecule has 0 aliphatic heterocycles. The number of imidazole rings is 1. The number of carbonyl (C=O) groups excluding carboxylic acids is 2. The SMILES string of the molecule is Cc1cc(F)ccc1NC(=O)C(=O)NCCc1nccn1C(F)F. The van der Waals surface area contributed by atoms with Crippen molar-refractivity contribution in [3.05, 3.63) is 47.8 Å². The maximum absolute atomic E-state index is 13.0. The van der Waals surface area contributed by atoms with E-state index in [1.54, 1.807) is 6.92 Å². The first-order chi connectivity index (χ1) is 11.4. The van der Waals surface area contributed by atoms with Gasteiger partial charge in [-0.15, -0.1) is 0 Å². The summed E-state index contributed by atoms with van der Waals surface area (Å²) >= 11 is 0. The highest BCUT2D eigenvalue weighted by molar-refractivity contribution is 6.39. The number of nitrogens with one attached hydrogen (secondary N) is 2. The van der Waals surface area contributed by atoms with E-state index in [9.17, 15) is 22.8 Å². The van der Waals surface area contributed by atoms with Crippen LogP contribution in [-0.2, 0) is 16.0 Å². The van der Waals surface area contributed by atoms with Gasteiger partial charge < -0.3 is 10.6 Å². The van der Waals surface area contributed by atoms with Crippen molar-refractivity contribution in [2.45, 2.75) is 19.9 Å². The minimum Gasteiger partial charge on any atom is -0.347 e. The zero-order valence-corrected chi connectivity index (χ0v) is 12.7. The smallest absolute Gasteiger partial charge is 0.319 e. The number of nitrogens with zero attached hydrogens (tertiary/aromatic N) is 2. The van der Waals surface area contributed by atoms with Crippen molar-refractivity contribution >= 4 is 17.5 Å². The van der Waals surface area contributed by atoms with Crippen LogP contribution in [0.25, 0.3) is 0 Å². The van der Waals surface area contributed by atoms with Crippen LogP contribution in [0, 0.1) is 12.7 Å². The third-order valence-corrected chi connectivity index (χ3v) is 3.24. The van der Waals surface area contributed by atoms with E-state index in [-0.39, 0.29) is 18.8 Å². The summed E-state index contributed by atoms with van der Waals surface area (Å²) in [6, 6.07) is 3.72. The molecule has 2 amide bonds. The van der Waals surface area contributed by atoms with Gasteiger partial charge in [-0.05, 0) is 30.7 Å². The Morgan fingerprint density at radius 2 is 2.04 bits per heavy atom. The largest absolute Gasteiger partial charge is 0.347 e.